The molecular formula is C17H17N5O2. The van der Waals surface area contributed by atoms with Crippen molar-refractivity contribution in [1.29, 1.82) is 0 Å². The highest BCUT2D eigenvalue weighted by Crippen LogP contribution is 2.12. The molecule has 1 N–H and O–H groups in total. The number of nitrogens with zero attached hydrogens (tertiary/aromatic N) is 4. The number of benzene rings is 1. The lowest BCUT2D eigenvalue weighted by Crippen LogP contribution is -2.21. The van der Waals surface area contributed by atoms with Gasteiger partial charge in [-0.25, -0.2) is 14.6 Å². The van der Waals surface area contributed by atoms with Crippen LogP contribution in [0.25, 0.3) is 5.82 Å². The Labute approximate surface area is 139 Å². The fraction of sp³-hybridized carbons (Fsp3) is 0.176. The molecule has 0 radical (unpaired) electrons. The Morgan fingerprint density at radius 3 is 2.67 bits per heavy atom. The number of ether oxygens (including phenoxy) is 1. The van der Waals surface area contributed by atoms with Crippen molar-refractivity contribution in [2.24, 2.45) is 0 Å². The van der Waals surface area contributed by atoms with Gasteiger partial charge in [0.05, 0.1) is 5.69 Å². The molecule has 0 aliphatic heterocycles. The number of aromatic nitrogens is 4. The molecule has 7 nitrogen and oxygen atoms in total. The van der Waals surface area contributed by atoms with Gasteiger partial charge in [-0.05, 0) is 32.0 Å². The van der Waals surface area contributed by atoms with Crippen molar-refractivity contribution in [3.05, 3.63) is 60.2 Å². The maximum absolute atomic E-state index is 12.0. The van der Waals surface area contributed by atoms with Crippen LogP contribution in [0.1, 0.15) is 11.4 Å². The highest BCUT2D eigenvalue weighted by molar-refractivity contribution is 5.91. The second kappa shape index (κ2) is 6.91. The van der Waals surface area contributed by atoms with E-state index in [-0.39, 0.29) is 12.5 Å². The van der Waals surface area contributed by atoms with E-state index in [2.05, 4.69) is 20.4 Å². The first kappa shape index (κ1) is 15.7. The number of carbonyl (C=O) groups is 1. The minimum Gasteiger partial charge on any atom is -0.484 e. The molecule has 2 aromatic heterocycles. The largest absolute Gasteiger partial charge is 0.484 e. The van der Waals surface area contributed by atoms with E-state index in [1.54, 1.807) is 22.9 Å². The summed E-state index contributed by atoms with van der Waals surface area (Å²) in [5, 5.41) is 7.06. The predicted octanol–water partition coefficient (Wildman–Crippen LogP) is 2.30. The molecule has 0 fully saturated rings. The molecule has 1 aromatic carbocycles. The first-order chi connectivity index (χ1) is 11.6. The first-order valence-electron chi connectivity index (χ1n) is 7.45. The van der Waals surface area contributed by atoms with Crippen LogP contribution in [0.4, 0.5) is 5.82 Å². The van der Waals surface area contributed by atoms with E-state index in [0.29, 0.717) is 17.4 Å². The third-order valence-electron chi connectivity index (χ3n) is 3.26. The van der Waals surface area contributed by atoms with Crippen molar-refractivity contribution in [2.45, 2.75) is 13.8 Å². The van der Waals surface area contributed by atoms with Crippen LogP contribution in [0, 0.1) is 13.8 Å². The van der Waals surface area contributed by atoms with E-state index in [1.165, 1.54) is 6.33 Å². The number of hydrogen-bond donors (Lipinski definition) is 1. The zero-order valence-electron chi connectivity index (χ0n) is 13.4. The number of para-hydroxylation sites is 1. The van der Waals surface area contributed by atoms with Crippen LogP contribution < -0.4 is 10.1 Å². The third-order valence-corrected chi connectivity index (χ3v) is 3.26. The third kappa shape index (κ3) is 3.75. The van der Waals surface area contributed by atoms with Crippen molar-refractivity contribution in [3.63, 3.8) is 0 Å². The van der Waals surface area contributed by atoms with Gasteiger partial charge >= 0.3 is 0 Å². The fourth-order valence-corrected chi connectivity index (χ4v) is 2.24. The number of anilines is 1. The topological polar surface area (TPSA) is 81.9 Å². The molecule has 0 unspecified atom stereocenters. The lowest BCUT2D eigenvalue weighted by atomic mass is 10.3. The second-order valence-corrected chi connectivity index (χ2v) is 5.25. The van der Waals surface area contributed by atoms with Gasteiger partial charge in [-0.1, -0.05) is 18.2 Å². The Bertz CT molecular complexity index is 845. The van der Waals surface area contributed by atoms with Crippen molar-refractivity contribution in [3.8, 4) is 11.6 Å². The molecule has 3 rings (SSSR count). The summed E-state index contributed by atoms with van der Waals surface area (Å²) in [6.45, 7) is 3.76. The van der Waals surface area contributed by atoms with E-state index >= 15 is 0 Å². The van der Waals surface area contributed by atoms with Crippen LogP contribution in [-0.4, -0.2) is 32.3 Å². The first-order valence-corrected chi connectivity index (χ1v) is 7.45. The van der Waals surface area contributed by atoms with E-state index < -0.39 is 0 Å². The Hall–Kier alpha value is -3.22. The summed E-state index contributed by atoms with van der Waals surface area (Å²) < 4.78 is 7.11. The number of carbonyl (C=O) groups excluding carboxylic acids is 1. The van der Waals surface area contributed by atoms with Gasteiger partial charge in [0.25, 0.3) is 5.91 Å². The van der Waals surface area contributed by atoms with Crippen LogP contribution in [0.15, 0.2) is 48.8 Å². The monoisotopic (exact) mass is 323 g/mol. The van der Waals surface area contributed by atoms with E-state index in [1.807, 2.05) is 38.1 Å². The molecule has 0 bridgehead atoms. The van der Waals surface area contributed by atoms with Gasteiger partial charge in [0.15, 0.2) is 12.4 Å². The van der Waals surface area contributed by atoms with Gasteiger partial charge in [0, 0.05) is 11.8 Å². The molecule has 0 atom stereocenters. The molecule has 24 heavy (non-hydrogen) atoms. The van der Waals surface area contributed by atoms with E-state index in [4.69, 9.17) is 4.74 Å². The summed E-state index contributed by atoms with van der Waals surface area (Å²) in [5.74, 6) is 1.33. The maximum atomic E-state index is 12.0. The van der Waals surface area contributed by atoms with Gasteiger partial charge in [-0.2, -0.15) is 5.10 Å². The van der Waals surface area contributed by atoms with Gasteiger partial charge in [-0.3, -0.25) is 4.79 Å². The summed E-state index contributed by atoms with van der Waals surface area (Å²) in [5.41, 5.74) is 1.85. The van der Waals surface area contributed by atoms with Gasteiger partial charge in [0.2, 0.25) is 0 Å². The molecular weight excluding hydrogens is 306 g/mol. The van der Waals surface area contributed by atoms with Gasteiger partial charge in [-0.15, -0.1) is 0 Å². The molecule has 0 aliphatic rings. The molecule has 3 aromatic rings. The highest BCUT2D eigenvalue weighted by atomic mass is 16.5. The molecule has 2 heterocycles. The van der Waals surface area contributed by atoms with Crippen LogP contribution in [0.3, 0.4) is 0 Å². The fourth-order valence-electron chi connectivity index (χ4n) is 2.24. The normalized spacial score (nSPS) is 10.4. The summed E-state index contributed by atoms with van der Waals surface area (Å²) in [6, 6.07) is 12.8. The molecule has 0 saturated carbocycles. The summed E-state index contributed by atoms with van der Waals surface area (Å²) in [4.78, 5) is 20.2. The smallest absolute Gasteiger partial charge is 0.263 e. The zero-order chi connectivity index (χ0) is 16.9. The second-order valence-electron chi connectivity index (χ2n) is 5.25. The minimum atomic E-state index is -0.295. The van der Waals surface area contributed by atoms with Crippen LogP contribution in [0.2, 0.25) is 0 Å². The summed E-state index contributed by atoms with van der Waals surface area (Å²) >= 11 is 0. The standard InChI is InChI=1S/C17H17N5O2/c1-12-8-13(2)22(21-12)16-9-15(18-11-19-16)20-17(23)10-24-14-6-4-3-5-7-14/h3-9,11H,10H2,1-2H3,(H,18,19,20,23). The van der Waals surface area contributed by atoms with Crippen LogP contribution in [0.5, 0.6) is 5.75 Å². The summed E-state index contributed by atoms with van der Waals surface area (Å²) in [7, 11) is 0. The van der Waals surface area contributed by atoms with E-state index in [0.717, 1.165) is 11.4 Å². The average Bonchev–Trinajstić information content (AvgIpc) is 2.93. The molecule has 0 aliphatic carbocycles. The summed E-state index contributed by atoms with van der Waals surface area (Å²) in [6.07, 6.45) is 1.39. The molecule has 7 heteroatoms. The average molecular weight is 323 g/mol. The zero-order valence-corrected chi connectivity index (χ0v) is 13.4. The quantitative estimate of drug-likeness (QED) is 0.779. The van der Waals surface area contributed by atoms with Crippen molar-refractivity contribution in [2.75, 3.05) is 11.9 Å². The molecule has 0 saturated heterocycles. The van der Waals surface area contributed by atoms with Crippen molar-refractivity contribution < 1.29 is 9.53 Å². The lowest BCUT2D eigenvalue weighted by molar-refractivity contribution is -0.118. The Balaban J connectivity index is 1.66. The lowest BCUT2D eigenvalue weighted by Gasteiger charge is -2.08. The number of hydrogen-bond acceptors (Lipinski definition) is 5. The molecule has 1 amide bonds. The Morgan fingerprint density at radius 2 is 1.96 bits per heavy atom. The van der Waals surface area contributed by atoms with E-state index in [9.17, 15) is 4.79 Å². The Morgan fingerprint density at radius 1 is 1.17 bits per heavy atom. The number of aryl methyl sites for hydroxylation is 2. The maximum Gasteiger partial charge on any atom is 0.263 e. The van der Waals surface area contributed by atoms with Crippen molar-refractivity contribution >= 4 is 11.7 Å². The molecule has 0 spiro atoms. The number of amides is 1. The molecule has 122 valence electrons. The predicted molar refractivity (Wildman–Crippen MR) is 89.2 cm³/mol. The van der Waals surface area contributed by atoms with Crippen molar-refractivity contribution in [1.82, 2.24) is 19.7 Å². The Kier molecular flexibility index (Phi) is 4.51. The van der Waals surface area contributed by atoms with Gasteiger partial charge in [0.1, 0.15) is 17.9 Å². The van der Waals surface area contributed by atoms with Gasteiger partial charge < -0.3 is 10.1 Å². The van der Waals surface area contributed by atoms with Crippen LogP contribution in [-0.2, 0) is 4.79 Å². The minimum absolute atomic E-state index is 0.0940. The highest BCUT2D eigenvalue weighted by Gasteiger charge is 2.09. The SMILES string of the molecule is Cc1cc(C)n(-c2cc(NC(=O)COc3ccccc3)ncn2)n1. The number of nitrogens with one attached hydrogen (secondary N) is 1. The number of rotatable bonds is 5. The van der Waals surface area contributed by atoms with Crippen LogP contribution >= 0.6 is 0 Å².